The topological polar surface area (TPSA) is 92.8 Å². The maximum Gasteiger partial charge on any atom is 0.416 e. The summed E-state index contributed by atoms with van der Waals surface area (Å²) >= 11 is 6.09. The fourth-order valence-electron chi connectivity index (χ4n) is 5.31. The van der Waals surface area contributed by atoms with Gasteiger partial charge in [-0.15, -0.1) is 37.2 Å². The van der Waals surface area contributed by atoms with Crippen molar-refractivity contribution in [2.24, 2.45) is 10.9 Å². The third kappa shape index (κ3) is 17.9. The van der Waals surface area contributed by atoms with Gasteiger partial charge in [0.15, 0.2) is 0 Å². The lowest BCUT2D eigenvalue weighted by Crippen LogP contribution is -2.48. The minimum Gasteiger partial charge on any atom is -0.394 e. The number of alkyl halides is 3. The molecule has 0 amide bonds. The minimum atomic E-state index is -4.34. The highest BCUT2D eigenvalue weighted by Gasteiger charge is 2.30. The highest BCUT2D eigenvalue weighted by molar-refractivity contribution is 6.30. The van der Waals surface area contributed by atoms with E-state index in [2.05, 4.69) is 57.4 Å². The lowest BCUT2D eigenvalue weighted by Gasteiger charge is -2.39. The van der Waals surface area contributed by atoms with E-state index in [0.29, 0.717) is 44.1 Å². The number of hydrogen-bond acceptors (Lipinski definition) is 8. The van der Waals surface area contributed by atoms with Crippen molar-refractivity contribution in [3.63, 3.8) is 0 Å². The lowest BCUT2D eigenvalue weighted by molar-refractivity contribution is -0.137. The van der Waals surface area contributed by atoms with E-state index in [1.165, 1.54) is 23.3 Å². The molecule has 3 aromatic carbocycles. The molecular formula is C36H51Cl4F3N4O4. The fraction of sp³-hybridized carbons (Fsp3) is 0.472. The summed E-state index contributed by atoms with van der Waals surface area (Å²) in [6.07, 6.45) is -2.10. The van der Waals surface area contributed by atoms with Crippen LogP contribution in [0.25, 0.3) is 0 Å². The molecule has 1 unspecified atom stereocenters. The number of unbranched alkanes of at least 4 members (excludes halogenated alkanes) is 1. The summed E-state index contributed by atoms with van der Waals surface area (Å²) in [6.45, 7) is 7.42. The summed E-state index contributed by atoms with van der Waals surface area (Å²) in [5.74, 6) is 0. The van der Waals surface area contributed by atoms with Gasteiger partial charge in [-0.3, -0.25) is 9.80 Å². The van der Waals surface area contributed by atoms with E-state index in [1.807, 2.05) is 12.1 Å². The Kier molecular flexibility index (Phi) is 26.3. The molecule has 0 radical (unpaired) electrons. The average molecular weight is 803 g/mol. The van der Waals surface area contributed by atoms with Gasteiger partial charge in [0, 0.05) is 58.0 Å². The summed E-state index contributed by atoms with van der Waals surface area (Å²) in [4.78, 5) is 10.0. The molecule has 1 heterocycles. The van der Waals surface area contributed by atoms with Crippen molar-refractivity contribution >= 4 is 54.5 Å². The van der Waals surface area contributed by atoms with Crippen molar-refractivity contribution in [3.8, 4) is 0 Å². The maximum atomic E-state index is 12.6. The van der Waals surface area contributed by atoms with Crippen molar-refractivity contribution in [1.82, 2.24) is 9.80 Å². The van der Waals surface area contributed by atoms with Crippen LogP contribution in [0.4, 0.5) is 13.2 Å². The normalized spacial score (nSPS) is 14.2. The second-order valence-electron chi connectivity index (χ2n) is 11.3. The number of nitrogens with zero attached hydrogens (tertiary/aromatic N) is 3. The fourth-order valence-corrected chi connectivity index (χ4v) is 5.44. The quantitative estimate of drug-likeness (QED) is 0.0830. The molecule has 4 rings (SSSR count). The van der Waals surface area contributed by atoms with Gasteiger partial charge >= 0.3 is 6.18 Å². The molecule has 1 fully saturated rings. The molecule has 0 aliphatic carbocycles. The first-order valence-electron chi connectivity index (χ1n) is 16.3. The molecule has 1 atom stereocenters. The largest absolute Gasteiger partial charge is 0.416 e. The van der Waals surface area contributed by atoms with E-state index in [-0.39, 0.29) is 56.5 Å². The van der Waals surface area contributed by atoms with Gasteiger partial charge in [-0.1, -0.05) is 71.4 Å². The molecular weight excluding hydrogens is 751 g/mol. The van der Waals surface area contributed by atoms with Crippen molar-refractivity contribution in [1.29, 1.82) is 0 Å². The smallest absolute Gasteiger partial charge is 0.394 e. The Hall–Kier alpha value is -2.16. The number of nitrogens with two attached hydrogens (primary N) is 1. The number of aliphatic hydroxyl groups is 1. The molecule has 3 aromatic rings. The molecule has 0 spiro atoms. The SMILES string of the molecule is COCCCC/C(=N\OCCN)c1ccc(C(F)(F)F)cc1.Cl.Cl.Cl.OCCOCCN1CCN(C(c2ccccc2)c2ccc(Cl)cc2)CC1. The number of methoxy groups -OCH3 is 1. The molecule has 288 valence electrons. The van der Waals surface area contributed by atoms with E-state index in [0.717, 1.165) is 62.7 Å². The zero-order chi connectivity index (χ0) is 34.6. The van der Waals surface area contributed by atoms with Crippen molar-refractivity contribution in [2.45, 2.75) is 31.5 Å². The van der Waals surface area contributed by atoms with Crippen molar-refractivity contribution < 1.29 is 32.6 Å². The summed E-state index contributed by atoms with van der Waals surface area (Å²) in [5, 5.41) is 13.5. The van der Waals surface area contributed by atoms with E-state index in [4.69, 9.17) is 36.8 Å². The molecule has 8 nitrogen and oxygen atoms in total. The third-order valence-corrected chi connectivity index (χ3v) is 8.05. The highest BCUT2D eigenvalue weighted by atomic mass is 35.5. The van der Waals surface area contributed by atoms with Gasteiger partial charge in [0.2, 0.25) is 0 Å². The van der Waals surface area contributed by atoms with Crippen molar-refractivity contribution in [2.75, 3.05) is 79.4 Å². The number of hydrogen-bond donors (Lipinski definition) is 2. The Morgan fingerprint density at radius 3 is 2.04 bits per heavy atom. The molecule has 1 aliphatic heterocycles. The molecule has 15 heteroatoms. The first-order valence-corrected chi connectivity index (χ1v) is 16.7. The summed E-state index contributed by atoms with van der Waals surface area (Å²) in [5.41, 5.74) is 8.46. The van der Waals surface area contributed by atoms with Crippen LogP contribution in [0.2, 0.25) is 5.02 Å². The first kappa shape index (κ1) is 48.8. The number of benzene rings is 3. The minimum absolute atomic E-state index is 0. The molecule has 0 bridgehead atoms. The van der Waals surface area contributed by atoms with Crippen LogP contribution >= 0.6 is 48.8 Å². The second kappa shape index (κ2) is 27.4. The predicted molar refractivity (Wildman–Crippen MR) is 206 cm³/mol. The van der Waals surface area contributed by atoms with Crippen LogP contribution in [0.1, 0.15) is 47.6 Å². The number of ether oxygens (including phenoxy) is 2. The van der Waals surface area contributed by atoms with Gasteiger partial charge in [0.05, 0.1) is 37.1 Å². The van der Waals surface area contributed by atoms with Crippen LogP contribution in [-0.4, -0.2) is 100 Å². The average Bonchev–Trinajstić information content (AvgIpc) is 3.10. The Bertz CT molecular complexity index is 1320. The van der Waals surface area contributed by atoms with Gasteiger partial charge in [0.25, 0.3) is 0 Å². The standard InChI is InChI=1S/C21H27ClN2O2.C15H21F3N2O2.3ClH/c22-20-8-6-19(7-9-20)21(18-4-2-1-3-5-18)24-12-10-23(11-13-24)14-16-26-17-15-25;1-21-10-3-2-4-14(20-22-11-9-19)12-5-7-13(8-6-12)15(16,17)18;;;/h1-9,21,25H,10-17H2;5-8H,2-4,9-11,19H2,1H3;3*1H/b;20-14+;;;. The molecule has 1 saturated heterocycles. The van der Waals surface area contributed by atoms with E-state index in [1.54, 1.807) is 7.11 Å². The van der Waals surface area contributed by atoms with Gasteiger partial charge in [-0.05, 0) is 60.2 Å². The molecule has 0 aromatic heterocycles. The first-order chi connectivity index (χ1) is 23.3. The zero-order valence-corrected chi connectivity index (χ0v) is 32.0. The summed E-state index contributed by atoms with van der Waals surface area (Å²) in [7, 11) is 1.62. The third-order valence-electron chi connectivity index (χ3n) is 7.80. The van der Waals surface area contributed by atoms with Crippen LogP contribution in [0.5, 0.6) is 0 Å². The second-order valence-corrected chi connectivity index (χ2v) is 11.7. The lowest BCUT2D eigenvalue weighted by atomic mass is 9.96. The van der Waals surface area contributed by atoms with E-state index < -0.39 is 11.7 Å². The number of halogens is 7. The number of rotatable bonds is 17. The van der Waals surface area contributed by atoms with Crippen molar-refractivity contribution in [3.05, 3.63) is 106 Å². The predicted octanol–water partition coefficient (Wildman–Crippen LogP) is 7.52. The summed E-state index contributed by atoms with van der Waals surface area (Å²) in [6, 6.07) is 24.0. The number of aliphatic hydroxyl groups excluding tert-OH is 1. The van der Waals surface area contributed by atoms with Crippen LogP contribution in [0, 0.1) is 0 Å². The van der Waals surface area contributed by atoms with E-state index >= 15 is 0 Å². The van der Waals surface area contributed by atoms with E-state index in [9.17, 15) is 13.2 Å². The van der Waals surface area contributed by atoms with Crippen LogP contribution in [0.15, 0.2) is 84.0 Å². The van der Waals surface area contributed by atoms with Gasteiger partial charge < -0.3 is 25.2 Å². The highest BCUT2D eigenvalue weighted by Crippen LogP contribution is 2.31. The van der Waals surface area contributed by atoms with Gasteiger partial charge in [0.1, 0.15) is 6.61 Å². The number of oxime groups is 1. The monoisotopic (exact) mass is 800 g/mol. The van der Waals surface area contributed by atoms with Gasteiger partial charge in [-0.25, -0.2) is 0 Å². The molecule has 1 aliphatic rings. The van der Waals surface area contributed by atoms with Gasteiger partial charge in [-0.2, -0.15) is 13.2 Å². The molecule has 51 heavy (non-hydrogen) atoms. The molecule has 0 saturated carbocycles. The Labute approximate surface area is 323 Å². The zero-order valence-electron chi connectivity index (χ0n) is 28.8. The Morgan fingerprint density at radius 2 is 1.47 bits per heavy atom. The van der Waals surface area contributed by atoms with Crippen LogP contribution in [0.3, 0.4) is 0 Å². The Balaban J connectivity index is 0.000000939. The van der Waals surface area contributed by atoms with Crippen LogP contribution in [-0.2, 0) is 20.5 Å². The molecule has 3 N–H and O–H groups in total. The Morgan fingerprint density at radius 1 is 0.843 bits per heavy atom. The number of piperazine rings is 1. The maximum absolute atomic E-state index is 12.6. The van der Waals surface area contributed by atoms with Crippen LogP contribution < -0.4 is 5.73 Å². The summed E-state index contributed by atoms with van der Waals surface area (Å²) < 4.78 is 48.1.